The summed E-state index contributed by atoms with van der Waals surface area (Å²) >= 11 is 3.08. The van der Waals surface area contributed by atoms with Crippen LogP contribution < -0.4 is 10.9 Å². The normalized spacial score (nSPS) is 11.3. The Morgan fingerprint density at radius 1 is 0.964 bits per heavy atom. The zero-order valence-electron chi connectivity index (χ0n) is 14.7. The number of hydrogen-bond donors (Lipinski definition) is 2. The summed E-state index contributed by atoms with van der Waals surface area (Å²) in [6.07, 6.45) is 1.77. The van der Waals surface area contributed by atoms with Crippen LogP contribution in [0.3, 0.4) is 0 Å². The minimum Gasteiger partial charge on any atom is -0.295 e. The zero-order chi connectivity index (χ0) is 19.3. The van der Waals surface area contributed by atoms with E-state index < -0.39 is 5.91 Å². The maximum absolute atomic E-state index is 12.6. The summed E-state index contributed by atoms with van der Waals surface area (Å²) in [6, 6.07) is 15.5. The predicted molar refractivity (Wildman–Crippen MR) is 112 cm³/mol. The maximum Gasteiger partial charge on any atom is 0.288 e. The Bertz CT molecular complexity index is 1380. The molecule has 0 fully saturated rings. The van der Waals surface area contributed by atoms with Gasteiger partial charge in [0.05, 0.1) is 15.3 Å². The molecule has 4 heterocycles. The molecule has 0 aliphatic rings. The number of imidazole rings is 1. The number of pyridine rings is 1. The fraction of sp³-hybridized carbons (Fsp3) is 0.0500. The molecule has 0 atom stereocenters. The van der Waals surface area contributed by atoms with E-state index in [1.165, 1.54) is 16.0 Å². The van der Waals surface area contributed by atoms with Crippen LogP contribution in [0, 0.1) is 6.92 Å². The van der Waals surface area contributed by atoms with Gasteiger partial charge in [0.2, 0.25) is 0 Å². The van der Waals surface area contributed by atoms with Crippen LogP contribution in [0.2, 0.25) is 0 Å². The SMILES string of the molecule is Cc1nc2ccccn2c1C(=O)NNC(=O)c1cc2sc3ccccc3c2s1. The van der Waals surface area contributed by atoms with E-state index in [-0.39, 0.29) is 5.91 Å². The van der Waals surface area contributed by atoms with Crippen molar-refractivity contribution in [2.24, 2.45) is 0 Å². The molecule has 4 aromatic heterocycles. The molecule has 8 heteroatoms. The van der Waals surface area contributed by atoms with Crippen molar-refractivity contribution in [2.75, 3.05) is 0 Å². The Morgan fingerprint density at radius 2 is 1.75 bits per heavy atom. The standard InChI is InChI=1S/C20H14N4O2S2/c1-11-17(24-9-5-4-8-16(24)21-11)20(26)23-22-19(25)15-10-14-18(28-15)12-6-2-3-7-13(12)27-14/h2-10H,1H3,(H,22,25)(H,23,26). The zero-order valence-corrected chi connectivity index (χ0v) is 16.4. The van der Waals surface area contributed by atoms with Crippen LogP contribution >= 0.6 is 22.7 Å². The van der Waals surface area contributed by atoms with Crippen molar-refractivity contribution in [1.82, 2.24) is 20.2 Å². The summed E-state index contributed by atoms with van der Waals surface area (Å²) in [5.74, 6) is -0.745. The molecule has 0 saturated heterocycles. The first-order chi connectivity index (χ1) is 13.6. The number of aryl methyl sites for hydroxylation is 1. The minimum absolute atomic E-state index is 0.336. The molecule has 2 N–H and O–H groups in total. The number of hydrazine groups is 1. The molecule has 0 unspecified atom stereocenters. The summed E-state index contributed by atoms with van der Waals surface area (Å²) in [6.45, 7) is 1.77. The fourth-order valence-corrected chi connectivity index (χ4v) is 5.65. The first-order valence-corrected chi connectivity index (χ1v) is 10.2. The van der Waals surface area contributed by atoms with Gasteiger partial charge >= 0.3 is 0 Å². The second-order valence-corrected chi connectivity index (χ2v) is 8.42. The highest BCUT2D eigenvalue weighted by Gasteiger charge is 2.18. The van der Waals surface area contributed by atoms with Gasteiger partial charge in [-0.3, -0.25) is 24.8 Å². The maximum atomic E-state index is 12.6. The number of rotatable bonds is 2. The lowest BCUT2D eigenvalue weighted by Crippen LogP contribution is -2.42. The van der Waals surface area contributed by atoms with Crippen LogP contribution in [-0.2, 0) is 0 Å². The first-order valence-electron chi connectivity index (χ1n) is 8.57. The highest BCUT2D eigenvalue weighted by Crippen LogP contribution is 2.39. The fourth-order valence-electron chi connectivity index (χ4n) is 3.23. The number of nitrogens with one attached hydrogen (secondary N) is 2. The van der Waals surface area contributed by atoms with Gasteiger partial charge < -0.3 is 0 Å². The molecule has 0 radical (unpaired) electrons. The molecule has 0 aliphatic carbocycles. The van der Waals surface area contributed by atoms with E-state index in [4.69, 9.17) is 0 Å². The first kappa shape index (κ1) is 16.9. The lowest BCUT2D eigenvalue weighted by Gasteiger charge is -2.06. The largest absolute Gasteiger partial charge is 0.295 e. The molecule has 5 aromatic rings. The monoisotopic (exact) mass is 406 g/mol. The Hall–Kier alpha value is -3.23. The summed E-state index contributed by atoms with van der Waals surface area (Å²) in [4.78, 5) is 30.1. The molecule has 138 valence electrons. The van der Waals surface area contributed by atoms with Crippen molar-refractivity contribution in [3.8, 4) is 0 Å². The molecular weight excluding hydrogens is 392 g/mol. The quantitative estimate of drug-likeness (QED) is 0.433. The molecule has 28 heavy (non-hydrogen) atoms. The smallest absolute Gasteiger partial charge is 0.288 e. The molecule has 2 amide bonds. The molecule has 0 saturated carbocycles. The van der Waals surface area contributed by atoms with Crippen LogP contribution in [0.25, 0.3) is 25.1 Å². The highest BCUT2D eigenvalue weighted by atomic mass is 32.1. The Balaban J connectivity index is 1.37. The lowest BCUT2D eigenvalue weighted by molar-refractivity contribution is 0.0845. The number of aromatic nitrogens is 2. The average molecular weight is 406 g/mol. The third-order valence-electron chi connectivity index (χ3n) is 4.48. The van der Waals surface area contributed by atoms with Gasteiger partial charge in [0, 0.05) is 21.0 Å². The predicted octanol–water partition coefficient (Wildman–Crippen LogP) is 4.15. The van der Waals surface area contributed by atoms with Gasteiger partial charge in [0.25, 0.3) is 11.8 Å². The number of fused-ring (bicyclic) bond motifs is 4. The summed E-state index contributed by atoms with van der Waals surface area (Å²) in [5, 5.41) is 1.15. The van der Waals surface area contributed by atoms with Crippen LogP contribution in [0.5, 0.6) is 0 Å². The number of thiophene rings is 2. The Labute approximate surface area is 167 Å². The molecule has 0 spiro atoms. The molecular formula is C20H14N4O2S2. The van der Waals surface area contributed by atoms with Gasteiger partial charge in [-0.25, -0.2) is 4.98 Å². The number of nitrogens with zero attached hydrogens (tertiary/aromatic N) is 2. The molecule has 0 bridgehead atoms. The van der Waals surface area contributed by atoms with E-state index >= 15 is 0 Å². The van der Waals surface area contributed by atoms with Crippen LogP contribution in [0.1, 0.15) is 25.9 Å². The van der Waals surface area contributed by atoms with Gasteiger partial charge in [-0.05, 0) is 31.2 Å². The number of amides is 2. The number of carbonyl (C=O) groups is 2. The van der Waals surface area contributed by atoms with Gasteiger partial charge in [-0.1, -0.05) is 24.3 Å². The van der Waals surface area contributed by atoms with E-state index in [0.717, 1.165) is 14.8 Å². The van der Waals surface area contributed by atoms with Crippen molar-refractivity contribution in [1.29, 1.82) is 0 Å². The molecule has 0 aliphatic heterocycles. The van der Waals surface area contributed by atoms with Gasteiger partial charge in [0.15, 0.2) is 0 Å². The molecule has 6 nitrogen and oxygen atoms in total. The van der Waals surface area contributed by atoms with E-state index in [1.54, 1.807) is 28.9 Å². The topological polar surface area (TPSA) is 75.5 Å². The number of hydrogen-bond acceptors (Lipinski definition) is 5. The van der Waals surface area contributed by atoms with Crippen molar-refractivity contribution >= 4 is 59.6 Å². The van der Waals surface area contributed by atoms with E-state index in [2.05, 4.69) is 28.0 Å². The second-order valence-electron chi connectivity index (χ2n) is 6.29. The average Bonchev–Trinajstić information content (AvgIpc) is 3.35. The summed E-state index contributed by atoms with van der Waals surface area (Å²) in [5.41, 5.74) is 6.69. The van der Waals surface area contributed by atoms with Gasteiger partial charge in [-0.2, -0.15) is 0 Å². The van der Waals surface area contributed by atoms with Crippen molar-refractivity contribution in [3.63, 3.8) is 0 Å². The lowest BCUT2D eigenvalue weighted by atomic mass is 10.2. The van der Waals surface area contributed by atoms with Crippen molar-refractivity contribution in [3.05, 3.63) is 71.0 Å². The van der Waals surface area contributed by atoms with Crippen molar-refractivity contribution in [2.45, 2.75) is 6.92 Å². The van der Waals surface area contributed by atoms with E-state index in [9.17, 15) is 9.59 Å². The molecule has 5 rings (SSSR count). The van der Waals surface area contributed by atoms with Gasteiger partial charge in [0.1, 0.15) is 11.3 Å². The van der Waals surface area contributed by atoms with Crippen LogP contribution in [0.4, 0.5) is 0 Å². The summed E-state index contributed by atoms with van der Waals surface area (Å²) in [7, 11) is 0. The number of carbonyl (C=O) groups excluding carboxylic acids is 2. The summed E-state index contributed by atoms with van der Waals surface area (Å²) < 4.78 is 5.06. The van der Waals surface area contributed by atoms with Crippen LogP contribution in [0.15, 0.2) is 54.7 Å². The number of benzene rings is 1. The van der Waals surface area contributed by atoms with E-state index in [1.807, 2.05) is 36.4 Å². The minimum atomic E-state index is -0.409. The van der Waals surface area contributed by atoms with Crippen LogP contribution in [-0.4, -0.2) is 21.2 Å². The highest BCUT2D eigenvalue weighted by molar-refractivity contribution is 7.33. The third-order valence-corrected chi connectivity index (χ3v) is 6.90. The second kappa shape index (κ2) is 6.43. The van der Waals surface area contributed by atoms with Crippen molar-refractivity contribution < 1.29 is 9.59 Å². The van der Waals surface area contributed by atoms with E-state index in [0.29, 0.717) is 21.9 Å². The Kier molecular flexibility index (Phi) is 3.88. The molecule has 1 aromatic carbocycles. The third kappa shape index (κ3) is 2.65. The Morgan fingerprint density at radius 3 is 2.64 bits per heavy atom. The van der Waals surface area contributed by atoms with Gasteiger partial charge in [-0.15, -0.1) is 22.7 Å².